The second-order valence-corrected chi connectivity index (χ2v) is 6.06. The number of anilines is 2. The number of rotatable bonds is 4. The number of H-pyrrole nitrogens is 1. The van der Waals surface area contributed by atoms with Crippen LogP contribution in [0.15, 0.2) is 6.20 Å². The van der Waals surface area contributed by atoms with E-state index in [1.807, 2.05) is 13.8 Å². The van der Waals surface area contributed by atoms with Gasteiger partial charge in [-0.3, -0.25) is 5.10 Å². The molecule has 0 spiro atoms. The summed E-state index contributed by atoms with van der Waals surface area (Å²) in [4.78, 5) is 14.5. The van der Waals surface area contributed by atoms with E-state index in [9.17, 15) is 0 Å². The lowest BCUT2D eigenvalue weighted by Gasteiger charge is -2.14. The third kappa shape index (κ3) is 2.54. The fourth-order valence-electron chi connectivity index (χ4n) is 2.28. The van der Waals surface area contributed by atoms with Crippen LogP contribution in [0.25, 0.3) is 11.0 Å². The second kappa shape index (κ2) is 5.28. The van der Waals surface area contributed by atoms with Crippen LogP contribution in [0.2, 0.25) is 0 Å². The number of nitrogens with one attached hydrogen (secondary N) is 3. The summed E-state index contributed by atoms with van der Waals surface area (Å²) < 4.78 is 0. The maximum atomic E-state index is 4.48. The van der Waals surface area contributed by atoms with Crippen LogP contribution in [0.4, 0.5) is 11.8 Å². The summed E-state index contributed by atoms with van der Waals surface area (Å²) in [5.74, 6) is 1.31. The molecule has 3 N–H and O–H groups in total. The Labute approximate surface area is 126 Å². The van der Waals surface area contributed by atoms with Gasteiger partial charge >= 0.3 is 0 Å². The molecule has 0 radical (unpaired) electrons. The van der Waals surface area contributed by atoms with E-state index >= 15 is 0 Å². The molecule has 0 amide bonds. The maximum Gasteiger partial charge on any atom is 0.226 e. The summed E-state index contributed by atoms with van der Waals surface area (Å²) in [6.07, 6.45) is 1.73. The second-order valence-electron chi connectivity index (χ2n) is 4.83. The normalized spacial score (nSPS) is 12.6. The fourth-order valence-corrected chi connectivity index (χ4v) is 3.21. The van der Waals surface area contributed by atoms with Gasteiger partial charge < -0.3 is 10.6 Å². The minimum absolute atomic E-state index is 0.119. The summed E-state index contributed by atoms with van der Waals surface area (Å²) in [7, 11) is 1.79. The highest BCUT2D eigenvalue weighted by molar-refractivity contribution is 7.11. The van der Waals surface area contributed by atoms with Gasteiger partial charge in [0, 0.05) is 11.9 Å². The largest absolute Gasteiger partial charge is 0.362 e. The van der Waals surface area contributed by atoms with Crippen LogP contribution in [0, 0.1) is 13.8 Å². The van der Waals surface area contributed by atoms with Crippen LogP contribution >= 0.6 is 11.3 Å². The smallest absolute Gasteiger partial charge is 0.226 e. The van der Waals surface area contributed by atoms with Gasteiger partial charge in [0.05, 0.1) is 28.3 Å². The van der Waals surface area contributed by atoms with Gasteiger partial charge in [-0.1, -0.05) is 0 Å². The average molecular weight is 303 g/mol. The van der Waals surface area contributed by atoms with E-state index in [0.717, 1.165) is 21.9 Å². The number of nitrogens with zero attached hydrogens (tertiary/aromatic N) is 4. The van der Waals surface area contributed by atoms with Crippen LogP contribution in [-0.2, 0) is 0 Å². The van der Waals surface area contributed by atoms with Gasteiger partial charge in [0.15, 0.2) is 5.65 Å². The Hall–Kier alpha value is -2.22. The summed E-state index contributed by atoms with van der Waals surface area (Å²) in [6, 6.07) is 0.119. The van der Waals surface area contributed by atoms with Crippen LogP contribution < -0.4 is 10.6 Å². The quantitative estimate of drug-likeness (QED) is 0.686. The number of hydrogen-bond donors (Lipinski definition) is 3. The van der Waals surface area contributed by atoms with Crippen molar-refractivity contribution in [3.63, 3.8) is 0 Å². The lowest BCUT2D eigenvalue weighted by Crippen LogP contribution is -2.09. The van der Waals surface area contributed by atoms with Crippen molar-refractivity contribution in [3.05, 3.63) is 21.8 Å². The number of aromatic amines is 1. The van der Waals surface area contributed by atoms with Crippen LogP contribution in [0.5, 0.6) is 0 Å². The molecule has 7 nitrogen and oxygen atoms in total. The van der Waals surface area contributed by atoms with Gasteiger partial charge in [-0.05, 0) is 20.8 Å². The highest BCUT2D eigenvalue weighted by Crippen LogP contribution is 2.29. The Balaban J connectivity index is 1.97. The molecule has 0 bridgehead atoms. The van der Waals surface area contributed by atoms with Crippen molar-refractivity contribution in [2.24, 2.45) is 0 Å². The lowest BCUT2D eigenvalue weighted by atomic mass is 10.2. The van der Waals surface area contributed by atoms with Crippen molar-refractivity contribution in [1.82, 2.24) is 25.1 Å². The Bertz CT molecular complexity index is 776. The van der Waals surface area contributed by atoms with Gasteiger partial charge in [0.1, 0.15) is 5.82 Å². The van der Waals surface area contributed by atoms with Crippen molar-refractivity contribution in [1.29, 1.82) is 0 Å². The van der Waals surface area contributed by atoms with Crippen LogP contribution in [0.3, 0.4) is 0 Å². The number of hydrogen-bond acceptors (Lipinski definition) is 7. The zero-order valence-corrected chi connectivity index (χ0v) is 13.2. The molecule has 3 aromatic heterocycles. The molecular weight excluding hydrogens is 286 g/mol. The van der Waals surface area contributed by atoms with Gasteiger partial charge in [-0.2, -0.15) is 15.1 Å². The van der Waals surface area contributed by atoms with Crippen molar-refractivity contribution in [2.45, 2.75) is 26.8 Å². The first kappa shape index (κ1) is 13.7. The first-order chi connectivity index (χ1) is 10.1. The molecule has 21 heavy (non-hydrogen) atoms. The maximum absolute atomic E-state index is 4.48. The van der Waals surface area contributed by atoms with E-state index in [2.05, 4.69) is 42.7 Å². The van der Waals surface area contributed by atoms with Gasteiger partial charge in [0.25, 0.3) is 0 Å². The Kier molecular flexibility index (Phi) is 3.46. The molecule has 3 heterocycles. The molecule has 0 fully saturated rings. The molecule has 0 aliphatic rings. The molecule has 3 rings (SSSR count). The third-order valence-corrected chi connectivity index (χ3v) is 4.47. The van der Waals surface area contributed by atoms with Crippen molar-refractivity contribution < 1.29 is 0 Å². The third-order valence-electron chi connectivity index (χ3n) is 3.22. The zero-order chi connectivity index (χ0) is 15.0. The van der Waals surface area contributed by atoms with Crippen molar-refractivity contribution in [2.75, 3.05) is 17.7 Å². The minimum atomic E-state index is 0.119. The molecule has 0 aliphatic carbocycles. The number of aryl methyl sites for hydroxylation is 2. The Morgan fingerprint density at radius 2 is 2.05 bits per heavy atom. The lowest BCUT2D eigenvalue weighted by molar-refractivity contribution is 0.881. The molecule has 0 aliphatic heterocycles. The van der Waals surface area contributed by atoms with Crippen LogP contribution in [0.1, 0.15) is 28.5 Å². The molecular formula is C13H17N7S. The molecule has 3 aromatic rings. The molecule has 0 saturated carbocycles. The molecule has 0 saturated heterocycles. The Morgan fingerprint density at radius 3 is 2.71 bits per heavy atom. The van der Waals surface area contributed by atoms with E-state index in [-0.39, 0.29) is 6.04 Å². The number of aromatic nitrogens is 5. The molecule has 0 aromatic carbocycles. The molecule has 8 heteroatoms. The summed E-state index contributed by atoms with van der Waals surface area (Å²) in [5, 5.41) is 15.2. The predicted molar refractivity (Wildman–Crippen MR) is 84.9 cm³/mol. The predicted octanol–water partition coefficient (Wildman–Crippen LogP) is 2.64. The first-order valence-corrected chi connectivity index (χ1v) is 7.49. The SMILES string of the molecule is CNc1nc(NC(C)c2sc(C)nc2C)c2cn[nH]c2n1. The highest BCUT2D eigenvalue weighted by atomic mass is 32.1. The van der Waals surface area contributed by atoms with Gasteiger partial charge in [-0.25, -0.2) is 4.98 Å². The van der Waals surface area contributed by atoms with E-state index < -0.39 is 0 Å². The first-order valence-electron chi connectivity index (χ1n) is 6.68. The minimum Gasteiger partial charge on any atom is -0.362 e. The van der Waals surface area contributed by atoms with Crippen LogP contribution in [-0.4, -0.2) is 32.2 Å². The van der Waals surface area contributed by atoms with Crippen molar-refractivity contribution in [3.8, 4) is 0 Å². The van der Waals surface area contributed by atoms with E-state index in [1.54, 1.807) is 24.6 Å². The van der Waals surface area contributed by atoms with E-state index in [0.29, 0.717) is 11.6 Å². The molecule has 1 atom stereocenters. The van der Waals surface area contributed by atoms with Crippen molar-refractivity contribution >= 4 is 34.1 Å². The summed E-state index contributed by atoms with van der Waals surface area (Å²) >= 11 is 1.70. The van der Waals surface area contributed by atoms with E-state index in [4.69, 9.17) is 0 Å². The monoisotopic (exact) mass is 303 g/mol. The topological polar surface area (TPSA) is 91.4 Å². The number of thiazole rings is 1. The standard InChI is InChI=1S/C13H17N7S/c1-6-10(21-8(3)16-6)7(2)17-11-9-5-15-20-12(9)19-13(14-4)18-11/h5,7H,1-4H3,(H3,14,15,17,18,19,20). The summed E-state index contributed by atoms with van der Waals surface area (Å²) in [6.45, 7) is 6.16. The highest BCUT2D eigenvalue weighted by Gasteiger charge is 2.16. The molecule has 110 valence electrons. The molecule has 1 unspecified atom stereocenters. The zero-order valence-electron chi connectivity index (χ0n) is 12.4. The summed E-state index contributed by atoms with van der Waals surface area (Å²) in [5.41, 5.74) is 1.77. The average Bonchev–Trinajstić information content (AvgIpc) is 3.04. The van der Waals surface area contributed by atoms with E-state index in [1.165, 1.54) is 4.88 Å². The van der Waals surface area contributed by atoms with Gasteiger partial charge in [-0.15, -0.1) is 11.3 Å². The fraction of sp³-hybridized carbons (Fsp3) is 0.385. The number of fused-ring (bicyclic) bond motifs is 1. The van der Waals surface area contributed by atoms with Gasteiger partial charge in [0.2, 0.25) is 5.95 Å². The Morgan fingerprint density at radius 1 is 1.24 bits per heavy atom.